The van der Waals surface area contributed by atoms with E-state index in [0.29, 0.717) is 12.2 Å². The summed E-state index contributed by atoms with van der Waals surface area (Å²) in [7, 11) is -3.83. The third-order valence-electron chi connectivity index (χ3n) is 3.85. The van der Waals surface area contributed by atoms with Crippen LogP contribution < -0.4 is 20.7 Å². The van der Waals surface area contributed by atoms with Gasteiger partial charge in [-0.25, -0.2) is 8.42 Å². The number of amides is 2. The van der Waals surface area contributed by atoms with Crippen molar-refractivity contribution < 1.29 is 18.0 Å². The lowest BCUT2D eigenvalue weighted by Crippen LogP contribution is -2.52. The predicted octanol–water partition coefficient (Wildman–Crippen LogP) is 0.180. The van der Waals surface area contributed by atoms with E-state index in [1.54, 1.807) is 0 Å². The van der Waals surface area contributed by atoms with E-state index >= 15 is 0 Å². The molecule has 1 fully saturated rings. The number of carbonyl (C=O) groups excluding carboxylic acids is 2. The van der Waals surface area contributed by atoms with E-state index in [4.69, 9.17) is 0 Å². The van der Waals surface area contributed by atoms with Crippen molar-refractivity contribution in [3.05, 3.63) is 24.3 Å². The molecule has 2 amide bonds. The topological polar surface area (TPSA) is 116 Å². The Labute approximate surface area is 147 Å². The Kier molecular flexibility index (Phi) is 6.51. The number of nitrogens with one attached hydrogen (secondary N) is 4. The zero-order chi connectivity index (χ0) is 18.4. The van der Waals surface area contributed by atoms with Crippen molar-refractivity contribution in [2.24, 2.45) is 0 Å². The van der Waals surface area contributed by atoms with Crippen LogP contribution in [0.3, 0.4) is 0 Å². The van der Waals surface area contributed by atoms with Gasteiger partial charge in [0.05, 0.1) is 10.9 Å². The average Bonchev–Trinajstić information content (AvgIpc) is 2.55. The van der Waals surface area contributed by atoms with E-state index in [0.717, 1.165) is 19.4 Å². The Morgan fingerprint density at radius 1 is 1.24 bits per heavy atom. The summed E-state index contributed by atoms with van der Waals surface area (Å²) in [5.74, 6) is -0.594. The predicted molar refractivity (Wildman–Crippen MR) is 94.6 cm³/mol. The molecule has 0 aromatic heterocycles. The molecule has 8 nitrogen and oxygen atoms in total. The van der Waals surface area contributed by atoms with E-state index in [1.165, 1.54) is 38.1 Å². The maximum absolute atomic E-state index is 12.4. The zero-order valence-electron chi connectivity index (χ0n) is 14.3. The molecule has 1 aromatic rings. The lowest BCUT2D eigenvalue weighted by atomic mass is 10.1. The Bertz CT molecular complexity index is 712. The number of piperidine rings is 1. The zero-order valence-corrected chi connectivity index (χ0v) is 15.2. The van der Waals surface area contributed by atoms with Crippen LogP contribution in [0, 0.1) is 0 Å². The van der Waals surface area contributed by atoms with Gasteiger partial charge in [-0.05, 0) is 50.6 Å². The largest absolute Gasteiger partial charge is 0.351 e. The van der Waals surface area contributed by atoms with Gasteiger partial charge in [0.15, 0.2) is 0 Å². The molecule has 1 aliphatic rings. The maximum Gasteiger partial charge on any atom is 0.241 e. The minimum atomic E-state index is -3.83. The summed E-state index contributed by atoms with van der Waals surface area (Å²) >= 11 is 0. The Balaban J connectivity index is 1.96. The van der Waals surface area contributed by atoms with Gasteiger partial charge in [0.2, 0.25) is 21.8 Å². The second kappa shape index (κ2) is 8.41. The molecule has 0 aliphatic carbocycles. The molecule has 1 saturated heterocycles. The highest BCUT2D eigenvalue weighted by atomic mass is 32.2. The second-order valence-corrected chi connectivity index (χ2v) is 7.81. The van der Waals surface area contributed by atoms with Gasteiger partial charge in [-0.2, -0.15) is 4.72 Å². The summed E-state index contributed by atoms with van der Waals surface area (Å²) in [5.41, 5.74) is 0.502. The average molecular weight is 368 g/mol. The van der Waals surface area contributed by atoms with Crippen molar-refractivity contribution in [2.75, 3.05) is 18.4 Å². The first kappa shape index (κ1) is 19.4. The van der Waals surface area contributed by atoms with Crippen LogP contribution in [0.2, 0.25) is 0 Å². The lowest BCUT2D eigenvalue weighted by Gasteiger charge is -2.25. The molecule has 0 radical (unpaired) electrons. The van der Waals surface area contributed by atoms with Crippen molar-refractivity contribution in [3.8, 4) is 0 Å². The quantitative estimate of drug-likeness (QED) is 0.572. The van der Waals surface area contributed by atoms with Gasteiger partial charge >= 0.3 is 0 Å². The summed E-state index contributed by atoms with van der Waals surface area (Å²) < 4.78 is 27.1. The molecular formula is C16H24N4O4S. The van der Waals surface area contributed by atoms with E-state index in [9.17, 15) is 18.0 Å². The smallest absolute Gasteiger partial charge is 0.241 e. The van der Waals surface area contributed by atoms with Crippen molar-refractivity contribution >= 4 is 27.5 Å². The molecule has 0 spiro atoms. The van der Waals surface area contributed by atoms with Crippen LogP contribution in [0.15, 0.2) is 29.2 Å². The first-order valence-electron chi connectivity index (χ1n) is 8.19. The summed E-state index contributed by atoms with van der Waals surface area (Å²) in [5, 5.41) is 8.60. The molecule has 0 bridgehead atoms. The highest BCUT2D eigenvalue weighted by Gasteiger charge is 2.24. The molecule has 0 saturated carbocycles. The Hall–Kier alpha value is -1.97. The van der Waals surface area contributed by atoms with Gasteiger partial charge in [-0.3, -0.25) is 9.59 Å². The number of rotatable bonds is 6. The fraction of sp³-hybridized carbons (Fsp3) is 0.500. The molecule has 4 N–H and O–H groups in total. The lowest BCUT2D eigenvalue weighted by molar-refractivity contribution is -0.123. The van der Waals surface area contributed by atoms with Crippen LogP contribution >= 0.6 is 0 Å². The van der Waals surface area contributed by atoms with Crippen LogP contribution in [0.25, 0.3) is 0 Å². The van der Waals surface area contributed by atoms with Crippen LogP contribution in [-0.4, -0.2) is 45.4 Å². The summed E-state index contributed by atoms with van der Waals surface area (Å²) in [6.07, 6.45) is 1.86. The number of hydrogen-bond acceptors (Lipinski definition) is 5. The highest BCUT2D eigenvalue weighted by molar-refractivity contribution is 7.89. The third kappa shape index (κ3) is 5.80. The van der Waals surface area contributed by atoms with E-state index in [2.05, 4.69) is 20.7 Å². The molecular weight excluding hydrogens is 344 g/mol. The molecule has 1 aromatic carbocycles. The summed E-state index contributed by atoms with van der Waals surface area (Å²) in [4.78, 5) is 23.2. The summed E-state index contributed by atoms with van der Waals surface area (Å²) in [6, 6.07) is 4.88. The van der Waals surface area contributed by atoms with Gasteiger partial charge in [0, 0.05) is 25.2 Å². The third-order valence-corrected chi connectivity index (χ3v) is 5.41. The van der Waals surface area contributed by atoms with Crippen molar-refractivity contribution in [1.29, 1.82) is 0 Å². The minimum absolute atomic E-state index is 0.0187. The number of carbonyl (C=O) groups is 2. The fourth-order valence-corrected chi connectivity index (χ4v) is 3.78. The normalized spacial score (nSPS) is 19.0. The van der Waals surface area contributed by atoms with Crippen molar-refractivity contribution in [1.82, 2.24) is 15.4 Å². The van der Waals surface area contributed by atoms with Gasteiger partial charge in [0.1, 0.15) is 0 Å². The first-order chi connectivity index (χ1) is 11.8. The van der Waals surface area contributed by atoms with Crippen LogP contribution in [0.1, 0.15) is 26.7 Å². The van der Waals surface area contributed by atoms with Gasteiger partial charge < -0.3 is 16.0 Å². The van der Waals surface area contributed by atoms with Crippen LogP contribution in [0.5, 0.6) is 0 Å². The fourth-order valence-electron chi connectivity index (χ4n) is 2.58. The molecule has 9 heteroatoms. The van der Waals surface area contributed by atoms with Crippen LogP contribution in [-0.2, 0) is 19.6 Å². The monoisotopic (exact) mass is 368 g/mol. The van der Waals surface area contributed by atoms with Crippen molar-refractivity contribution in [2.45, 2.75) is 43.7 Å². The highest BCUT2D eigenvalue weighted by Crippen LogP contribution is 2.14. The number of anilines is 1. The van der Waals surface area contributed by atoms with Crippen LogP contribution in [0.4, 0.5) is 5.69 Å². The minimum Gasteiger partial charge on any atom is -0.351 e. The van der Waals surface area contributed by atoms with Gasteiger partial charge in [-0.15, -0.1) is 0 Å². The number of sulfonamides is 1. The molecule has 25 heavy (non-hydrogen) atoms. The summed E-state index contributed by atoms with van der Waals surface area (Å²) in [6.45, 7) is 4.50. The second-order valence-electron chi connectivity index (χ2n) is 6.10. The molecule has 138 valence electrons. The number of benzene rings is 1. The van der Waals surface area contributed by atoms with Gasteiger partial charge in [-0.1, -0.05) is 0 Å². The standard InChI is InChI=1S/C16H24N4O4S/c1-11(16(22)19-14-4-3-9-17-10-14)20-25(23,24)15-7-5-13(6-8-15)18-12(2)21/h5-8,11,14,17,20H,3-4,9-10H2,1-2H3,(H,18,21)(H,19,22). The molecule has 2 atom stereocenters. The molecule has 1 heterocycles. The van der Waals surface area contributed by atoms with Gasteiger partial charge in [0.25, 0.3) is 0 Å². The Morgan fingerprint density at radius 3 is 2.48 bits per heavy atom. The SMILES string of the molecule is CC(=O)Nc1ccc(S(=O)(=O)NC(C)C(=O)NC2CCCNC2)cc1. The van der Waals surface area contributed by atoms with E-state index in [1.807, 2.05) is 0 Å². The number of hydrogen-bond donors (Lipinski definition) is 4. The molecule has 1 aliphatic heterocycles. The van der Waals surface area contributed by atoms with E-state index < -0.39 is 16.1 Å². The first-order valence-corrected chi connectivity index (χ1v) is 9.67. The van der Waals surface area contributed by atoms with Crippen molar-refractivity contribution in [3.63, 3.8) is 0 Å². The molecule has 2 unspecified atom stereocenters. The molecule has 2 rings (SSSR count). The Morgan fingerprint density at radius 2 is 1.92 bits per heavy atom. The van der Waals surface area contributed by atoms with E-state index in [-0.39, 0.29) is 22.8 Å². The maximum atomic E-state index is 12.4.